The van der Waals surface area contributed by atoms with E-state index in [1.807, 2.05) is 0 Å². The largest absolute Gasteiger partial charge is 0.356 e. The first-order valence-corrected chi connectivity index (χ1v) is 5.12. The fourth-order valence-electron chi connectivity index (χ4n) is 1.62. The second-order valence-corrected chi connectivity index (χ2v) is 3.68. The number of hydrogen-bond donors (Lipinski definition) is 1. The molecule has 0 unspecified atom stereocenters. The van der Waals surface area contributed by atoms with Gasteiger partial charge in [-0.05, 0) is 43.7 Å². The number of aryl methyl sites for hydroxylation is 1. The van der Waals surface area contributed by atoms with Gasteiger partial charge in [-0.25, -0.2) is 4.39 Å². The maximum absolute atomic E-state index is 13.1. The first-order chi connectivity index (χ1) is 7.72. The number of aromatic nitrogens is 1. The van der Waals surface area contributed by atoms with Gasteiger partial charge in [0.1, 0.15) is 5.82 Å². The van der Waals surface area contributed by atoms with E-state index in [1.54, 1.807) is 25.3 Å². The van der Waals surface area contributed by atoms with Crippen LogP contribution in [0, 0.1) is 12.7 Å². The lowest BCUT2D eigenvalue weighted by Crippen LogP contribution is -2.02. The molecule has 0 saturated carbocycles. The molecule has 0 amide bonds. The summed E-state index contributed by atoms with van der Waals surface area (Å²) in [7, 11) is 0. The standard InChI is InChI=1S/C12H13FN2O/c1-8-6-9(2-3-11(8)13)12-10(4-5-14)7-15-16-12/h2-3,6-7H,4-5,14H2,1H3. The Morgan fingerprint density at radius 1 is 1.44 bits per heavy atom. The highest BCUT2D eigenvalue weighted by atomic mass is 19.1. The Balaban J connectivity index is 2.42. The summed E-state index contributed by atoms with van der Waals surface area (Å²) in [6.45, 7) is 2.26. The quantitative estimate of drug-likeness (QED) is 0.863. The van der Waals surface area contributed by atoms with Crippen LogP contribution in [0.15, 0.2) is 28.9 Å². The molecule has 0 aliphatic heterocycles. The van der Waals surface area contributed by atoms with Crippen molar-refractivity contribution < 1.29 is 8.91 Å². The van der Waals surface area contributed by atoms with Gasteiger partial charge in [-0.2, -0.15) is 0 Å². The second-order valence-electron chi connectivity index (χ2n) is 3.68. The maximum Gasteiger partial charge on any atom is 0.170 e. The van der Waals surface area contributed by atoms with Crippen LogP contribution < -0.4 is 5.73 Å². The predicted molar refractivity (Wildman–Crippen MR) is 59.4 cm³/mol. The maximum atomic E-state index is 13.1. The first-order valence-electron chi connectivity index (χ1n) is 5.12. The van der Waals surface area contributed by atoms with Crippen LogP contribution in [0.3, 0.4) is 0 Å². The highest BCUT2D eigenvalue weighted by Gasteiger charge is 2.11. The van der Waals surface area contributed by atoms with E-state index in [2.05, 4.69) is 5.16 Å². The second kappa shape index (κ2) is 4.45. The van der Waals surface area contributed by atoms with Crippen molar-refractivity contribution in [2.24, 2.45) is 5.73 Å². The molecular weight excluding hydrogens is 207 g/mol. The smallest absolute Gasteiger partial charge is 0.170 e. The van der Waals surface area contributed by atoms with Gasteiger partial charge in [-0.3, -0.25) is 0 Å². The number of halogens is 1. The first kappa shape index (κ1) is 10.8. The van der Waals surface area contributed by atoms with Gasteiger partial charge < -0.3 is 10.3 Å². The summed E-state index contributed by atoms with van der Waals surface area (Å²) in [5.41, 5.74) is 7.87. The Morgan fingerprint density at radius 3 is 2.94 bits per heavy atom. The third-order valence-corrected chi connectivity index (χ3v) is 2.48. The zero-order chi connectivity index (χ0) is 11.5. The Bertz CT molecular complexity index is 494. The lowest BCUT2D eigenvalue weighted by Gasteiger charge is -2.02. The molecule has 0 aliphatic carbocycles. The van der Waals surface area contributed by atoms with E-state index >= 15 is 0 Å². The zero-order valence-electron chi connectivity index (χ0n) is 9.03. The van der Waals surface area contributed by atoms with E-state index in [4.69, 9.17) is 10.3 Å². The van der Waals surface area contributed by atoms with Crippen molar-refractivity contribution >= 4 is 0 Å². The van der Waals surface area contributed by atoms with Crippen molar-refractivity contribution in [2.45, 2.75) is 13.3 Å². The topological polar surface area (TPSA) is 52.0 Å². The number of hydrogen-bond acceptors (Lipinski definition) is 3. The SMILES string of the molecule is Cc1cc(-c2oncc2CCN)ccc1F. The van der Waals surface area contributed by atoms with Crippen molar-refractivity contribution in [2.75, 3.05) is 6.54 Å². The average Bonchev–Trinajstić information content (AvgIpc) is 2.71. The fourth-order valence-corrected chi connectivity index (χ4v) is 1.62. The summed E-state index contributed by atoms with van der Waals surface area (Å²) in [5, 5.41) is 3.74. The molecule has 0 fully saturated rings. The van der Waals surface area contributed by atoms with E-state index in [9.17, 15) is 4.39 Å². The van der Waals surface area contributed by atoms with Gasteiger partial charge in [0.25, 0.3) is 0 Å². The summed E-state index contributed by atoms with van der Waals surface area (Å²) in [4.78, 5) is 0. The monoisotopic (exact) mass is 220 g/mol. The van der Waals surface area contributed by atoms with Crippen LogP contribution in [0.2, 0.25) is 0 Å². The molecule has 0 atom stereocenters. The molecule has 4 heteroatoms. The van der Waals surface area contributed by atoms with E-state index in [0.29, 0.717) is 24.3 Å². The van der Waals surface area contributed by atoms with Crippen LogP contribution in [-0.2, 0) is 6.42 Å². The summed E-state index contributed by atoms with van der Waals surface area (Å²) in [5.74, 6) is 0.456. The summed E-state index contributed by atoms with van der Waals surface area (Å²) in [6.07, 6.45) is 2.36. The van der Waals surface area contributed by atoms with Gasteiger partial charge >= 0.3 is 0 Å². The van der Waals surface area contributed by atoms with Crippen LogP contribution in [0.25, 0.3) is 11.3 Å². The van der Waals surface area contributed by atoms with Gasteiger partial charge in [0, 0.05) is 11.1 Å². The predicted octanol–water partition coefficient (Wildman–Crippen LogP) is 2.29. The highest BCUT2D eigenvalue weighted by molar-refractivity contribution is 5.61. The van der Waals surface area contributed by atoms with Gasteiger partial charge in [0.15, 0.2) is 5.76 Å². The molecule has 3 nitrogen and oxygen atoms in total. The fraction of sp³-hybridized carbons (Fsp3) is 0.250. The lowest BCUT2D eigenvalue weighted by molar-refractivity contribution is 0.431. The van der Waals surface area contributed by atoms with E-state index in [1.165, 1.54) is 6.07 Å². The molecule has 2 rings (SSSR count). The van der Waals surface area contributed by atoms with E-state index in [0.717, 1.165) is 11.1 Å². The Kier molecular flexibility index (Phi) is 3.01. The van der Waals surface area contributed by atoms with Gasteiger partial charge in [0.05, 0.1) is 6.20 Å². The molecule has 16 heavy (non-hydrogen) atoms. The molecule has 0 radical (unpaired) electrons. The van der Waals surface area contributed by atoms with Crippen LogP contribution in [0.5, 0.6) is 0 Å². The Labute approximate surface area is 93.1 Å². The summed E-state index contributed by atoms with van der Waals surface area (Å²) >= 11 is 0. The molecule has 0 aliphatic rings. The van der Waals surface area contributed by atoms with Crippen LogP contribution in [0.1, 0.15) is 11.1 Å². The third-order valence-electron chi connectivity index (χ3n) is 2.48. The Hall–Kier alpha value is -1.68. The average molecular weight is 220 g/mol. The molecule has 2 aromatic rings. The minimum absolute atomic E-state index is 0.219. The van der Waals surface area contributed by atoms with Gasteiger partial charge in [-0.1, -0.05) is 5.16 Å². The van der Waals surface area contributed by atoms with Crippen molar-refractivity contribution in [1.29, 1.82) is 0 Å². The minimum Gasteiger partial charge on any atom is -0.356 e. The molecule has 1 heterocycles. The highest BCUT2D eigenvalue weighted by Crippen LogP contribution is 2.25. The number of rotatable bonds is 3. The molecule has 84 valence electrons. The van der Waals surface area contributed by atoms with Crippen LogP contribution in [0.4, 0.5) is 4.39 Å². The lowest BCUT2D eigenvalue weighted by atomic mass is 10.0. The molecule has 2 N–H and O–H groups in total. The molecule has 0 saturated heterocycles. The Morgan fingerprint density at radius 2 is 2.25 bits per heavy atom. The molecule has 1 aromatic carbocycles. The number of nitrogens with zero attached hydrogens (tertiary/aromatic N) is 1. The van der Waals surface area contributed by atoms with Crippen molar-refractivity contribution in [3.63, 3.8) is 0 Å². The van der Waals surface area contributed by atoms with E-state index in [-0.39, 0.29) is 5.82 Å². The van der Waals surface area contributed by atoms with E-state index < -0.39 is 0 Å². The molecule has 0 spiro atoms. The number of nitrogens with two attached hydrogens (primary N) is 1. The van der Waals surface area contributed by atoms with Crippen molar-refractivity contribution in [3.05, 3.63) is 41.3 Å². The molecule has 0 bridgehead atoms. The zero-order valence-corrected chi connectivity index (χ0v) is 9.03. The van der Waals surface area contributed by atoms with Crippen LogP contribution in [-0.4, -0.2) is 11.7 Å². The summed E-state index contributed by atoms with van der Waals surface area (Å²) in [6, 6.07) is 4.86. The van der Waals surface area contributed by atoms with Crippen molar-refractivity contribution in [1.82, 2.24) is 5.16 Å². The van der Waals surface area contributed by atoms with Crippen molar-refractivity contribution in [3.8, 4) is 11.3 Å². The molecule has 1 aromatic heterocycles. The van der Waals surface area contributed by atoms with Crippen LogP contribution >= 0.6 is 0 Å². The normalized spacial score (nSPS) is 10.7. The summed E-state index contributed by atoms with van der Waals surface area (Å²) < 4.78 is 18.3. The number of benzene rings is 1. The van der Waals surface area contributed by atoms with Gasteiger partial charge in [-0.15, -0.1) is 0 Å². The minimum atomic E-state index is -0.219. The molecular formula is C12H13FN2O. The van der Waals surface area contributed by atoms with Gasteiger partial charge in [0.2, 0.25) is 0 Å². The third kappa shape index (κ3) is 1.97.